The molecule has 2 rings (SSSR count). The Morgan fingerprint density at radius 2 is 2.00 bits per heavy atom. The van der Waals surface area contributed by atoms with E-state index in [1.807, 2.05) is 18.7 Å². The molecule has 0 spiro atoms. The van der Waals surface area contributed by atoms with Gasteiger partial charge < -0.3 is 15.2 Å². The lowest BCUT2D eigenvalue weighted by atomic mass is 10.1. The Bertz CT molecular complexity index is 589. The molecule has 5 heteroatoms. The molecule has 0 amide bonds. The molecule has 0 fully saturated rings. The van der Waals surface area contributed by atoms with Crippen LogP contribution in [-0.2, 0) is 19.5 Å². The van der Waals surface area contributed by atoms with Crippen LogP contribution < -0.4 is 10.6 Å². The molecule has 23 heavy (non-hydrogen) atoms. The summed E-state index contributed by atoms with van der Waals surface area (Å²) in [6.07, 6.45) is 7.72. The minimum atomic E-state index is 0.709. The normalized spacial score (nSPS) is 11.5. The van der Waals surface area contributed by atoms with Crippen molar-refractivity contribution in [3.8, 4) is 0 Å². The van der Waals surface area contributed by atoms with Crippen molar-refractivity contribution in [2.45, 2.75) is 39.8 Å². The molecule has 0 radical (unpaired) electrons. The Hall–Kier alpha value is -2.30. The maximum Gasteiger partial charge on any atom is 0.191 e. The molecule has 5 nitrogen and oxygen atoms in total. The number of nitrogens with one attached hydrogen (secondary N) is 2. The first-order chi connectivity index (χ1) is 11.3. The van der Waals surface area contributed by atoms with E-state index in [0.717, 1.165) is 38.4 Å². The molecule has 0 aliphatic heterocycles. The third-order valence-corrected chi connectivity index (χ3v) is 3.70. The third kappa shape index (κ3) is 5.77. The Kier molecular flexibility index (Phi) is 7.17. The van der Waals surface area contributed by atoms with Gasteiger partial charge in [0, 0.05) is 32.0 Å². The summed E-state index contributed by atoms with van der Waals surface area (Å²) in [4.78, 5) is 8.75. The Morgan fingerprint density at radius 3 is 2.70 bits per heavy atom. The van der Waals surface area contributed by atoms with Crippen molar-refractivity contribution < 1.29 is 0 Å². The zero-order valence-corrected chi connectivity index (χ0v) is 14.1. The number of aryl methyl sites for hydroxylation is 2. The largest absolute Gasteiger partial charge is 0.357 e. The van der Waals surface area contributed by atoms with Crippen LogP contribution in [0.3, 0.4) is 0 Å². The van der Waals surface area contributed by atoms with Gasteiger partial charge in [0.05, 0.1) is 12.9 Å². The monoisotopic (exact) mass is 313 g/mol. The van der Waals surface area contributed by atoms with E-state index >= 15 is 0 Å². The van der Waals surface area contributed by atoms with Crippen LogP contribution in [0, 0.1) is 0 Å². The molecule has 1 aromatic carbocycles. The highest BCUT2D eigenvalue weighted by Crippen LogP contribution is 2.10. The molecule has 0 aliphatic rings. The Labute approximate surface area is 138 Å². The van der Waals surface area contributed by atoms with Crippen LogP contribution in [0.25, 0.3) is 0 Å². The second-order valence-corrected chi connectivity index (χ2v) is 5.40. The van der Waals surface area contributed by atoms with Crippen molar-refractivity contribution in [2.24, 2.45) is 4.99 Å². The van der Waals surface area contributed by atoms with Crippen LogP contribution in [-0.4, -0.2) is 28.6 Å². The zero-order chi connectivity index (χ0) is 16.3. The summed E-state index contributed by atoms with van der Waals surface area (Å²) >= 11 is 0. The van der Waals surface area contributed by atoms with E-state index in [1.165, 1.54) is 11.1 Å². The minimum Gasteiger partial charge on any atom is -0.357 e. The SMILES string of the molecule is CCNC(=NCc1ccccc1CC)NCCCn1ccnc1. The molecule has 0 saturated carbocycles. The highest BCUT2D eigenvalue weighted by molar-refractivity contribution is 5.79. The van der Waals surface area contributed by atoms with Gasteiger partial charge in [-0.05, 0) is 30.9 Å². The van der Waals surface area contributed by atoms with Gasteiger partial charge in [0.15, 0.2) is 5.96 Å². The van der Waals surface area contributed by atoms with Gasteiger partial charge in [-0.1, -0.05) is 31.2 Å². The Morgan fingerprint density at radius 1 is 1.17 bits per heavy atom. The van der Waals surface area contributed by atoms with Gasteiger partial charge in [-0.15, -0.1) is 0 Å². The van der Waals surface area contributed by atoms with E-state index in [9.17, 15) is 0 Å². The fourth-order valence-electron chi connectivity index (χ4n) is 2.45. The number of rotatable bonds is 8. The van der Waals surface area contributed by atoms with E-state index in [-0.39, 0.29) is 0 Å². The smallest absolute Gasteiger partial charge is 0.191 e. The van der Waals surface area contributed by atoms with E-state index in [2.05, 4.69) is 58.3 Å². The molecule has 0 aliphatic carbocycles. The summed E-state index contributed by atoms with van der Waals surface area (Å²) in [5, 5.41) is 6.70. The molecule has 1 aromatic heterocycles. The molecule has 2 aromatic rings. The maximum absolute atomic E-state index is 4.70. The van der Waals surface area contributed by atoms with Gasteiger partial charge in [-0.2, -0.15) is 0 Å². The second-order valence-electron chi connectivity index (χ2n) is 5.40. The highest BCUT2D eigenvalue weighted by atomic mass is 15.2. The van der Waals surface area contributed by atoms with Crippen molar-refractivity contribution in [2.75, 3.05) is 13.1 Å². The number of guanidine groups is 1. The van der Waals surface area contributed by atoms with Crippen LogP contribution in [0.15, 0.2) is 48.0 Å². The first kappa shape index (κ1) is 17.1. The topological polar surface area (TPSA) is 54.2 Å². The molecule has 2 N–H and O–H groups in total. The molecule has 1 heterocycles. The van der Waals surface area contributed by atoms with Gasteiger partial charge in [0.1, 0.15) is 0 Å². The van der Waals surface area contributed by atoms with Crippen LogP contribution in [0.2, 0.25) is 0 Å². The molecular weight excluding hydrogens is 286 g/mol. The summed E-state index contributed by atoms with van der Waals surface area (Å²) in [7, 11) is 0. The predicted molar refractivity (Wildman–Crippen MR) is 95.5 cm³/mol. The first-order valence-corrected chi connectivity index (χ1v) is 8.38. The molecular formula is C18H27N5. The van der Waals surface area contributed by atoms with Gasteiger partial charge in [-0.25, -0.2) is 9.98 Å². The number of nitrogens with zero attached hydrogens (tertiary/aromatic N) is 3. The summed E-state index contributed by atoms with van der Waals surface area (Å²) in [5.74, 6) is 0.879. The fraction of sp³-hybridized carbons (Fsp3) is 0.444. The average Bonchev–Trinajstić information content (AvgIpc) is 3.10. The molecule has 0 bridgehead atoms. The van der Waals surface area contributed by atoms with Gasteiger partial charge in [0.2, 0.25) is 0 Å². The van der Waals surface area contributed by atoms with Crippen molar-refractivity contribution in [3.05, 3.63) is 54.1 Å². The van der Waals surface area contributed by atoms with Gasteiger partial charge >= 0.3 is 0 Å². The van der Waals surface area contributed by atoms with E-state index in [4.69, 9.17) is 4.99 Å². The first-order valence-electron chi connectivity index (χ1n) is 8.38. The number of imidazole rings is 1. The van der Waals surface area contributed by atoms with Gasteiger partial charge in [-0.3, -0.25) is 0 Å². The van der Waals surface area contributed by atoms with Crippen LogP contribution in [0.4, 0.5) is 0 Å². The lowest BCUT2D eigenvalue weighted by molar-refractivity contribution is 0.624. The average molecular weight is 313 g/mol. The standard InChI is InChI=1S/C18H27N5/c1-3-16-8-5-6-9-17(16)14-22-18(20-4-2)21-10-7-12-23-13-11-19-15-23/h5-6,8-9,11,13,15H,3-4,7,10,12,14H2,1-2H3,(H2,20,21,22). The van der Waals surface area contributed by atoms with Crippen LogP contribution in [0.5, 0.6) is 0 Å². The lowest BCUT2D eigenvalue weighted by Gasteiger charge is -2.12. The summed E-state index contributed by atoms with van der Waals surface area (Å²) in [6, 6.07) is 8.50. The van der Waals surface area contributed by atoms with E-state index in [0.29, 0.717) is 6.54 Å². The van der Waals surface area contributed by atoms with Crippen molar-refractivity contribution >= 4 is 5.96 Å². The quantitative estimate of drug-likeness (QED) is 0.447. The third-order valence-electron chi connectivity index (χ3n) is 3.70. The second kappa shape index (κ2) is 9.66. The predicted octanol–water partition coefficient (Wildman–Crippen LogP) is 2.59. The summed E-state index contributed by atoms with van der Waals surface area (Å²) in [5.41, 5.74) is 2.66. The zero-order valence-electron chi connectivity index (χ0n) is 14.1. The Balaban J connectivity index is 1.84. The molecule has 124 valence electrons. The van der Waals surface area contributed by atoms with Crippen molar-refractivity contribution in [1.29, 1.82) is 0 Å². The lowest BCUT2D eigenvalue weighted by Crippen LogP contribution is -2.38. The van der Waals surface area contributed by atoms with Gasteiger partial charge in [0.25, 0.3) is 0 Å². The molecule has 0 unspecified atom stereocenters. The van der Waals surface area contributed by atoms with Crippen molar-refractivity contribution in [1.82, 2.24) is 20.2 Å². The number of aromatic nitrogens is 2. The number of aliphatic imine (C=N–C) groups is 1. The highest BCUT2D eigenvalue weighted by Gasteiger charge is 2.01. The molecule has 0 atom stereocenters. The number of benzene rings is 1. The van der Waals surface area contributed by atoms with E-state index in [1.54, 1.807) is 0 Å². The van der Waals surface area contributed by atoms with Crippen LogP contribution >= 0.6 is 0 Å². The van der Waals surface area contributed by atoms with Crippen LogP contribution in [0.1, 0.15) is 31.4 Å². The fourth-order valence-corrected chi connectivity index (χ4v) is 2.45. The summed E-state index contributed by atoms with van der Waals surface area (Å²) < 4.78 is 2.09. The number of hydrogen-bond acceptors (Lipinski definition) is 2. The molecule has 0 saturated heterocycles. The van der Waals surface area contributed by atoms with E-state index < -0.39 is 0 Å². The minimum absolute atomic E-state index is 0.709. The van der Waals surface area contributed by atoms with Crippen molar-refractivity contribution in [3.63, 3.8) is 0 Å². The number of hydrogen-bond donors (Lipinski definition) is 2. The maximum atomic E-state index is 4.70. The summed E-state index contributed by atoms with van der Waals surface area (Å²) in [6.45, 7) is 7.69.